The molecule has 2 heteroatoms. The molecule has 0 amide bonds. The summed E-state index contributed by atoms with van der Waals surface area (Å²) in [6.07, 6.45) is 7.40. The third-order valence-electron chi connectivity index (χ3n) is 9.45. The zero-order chi connectivity index (χ0) is 31.9. The highest BCUT2D eigenvalue weighted by molar-refractivity contribution is 6.25. The number of rotatable bonds is 5. The van der Waals surface area contributed by atoms with E-state index in [1.807, 2.05) is 24.8 Å². The first-order valence-electron chi connectivity index (χ1n) is 16.3. The van der Waals surface area contributed by atoms with Crippen molar-refractivity contribution < 1.29 is 0 Å². The minimum Gasteiger partial charge on any atom is -0.265 e. The molecule has 2 nitrogen and oxygen atoms in total. The van der Waals surface area contributed by atoms with Gasteiger partial charge in [0.1, 0.15) is 0 Å². The third-order valence-corrected chi connectivity index (χ3v) is 9.45. The highest BCUT2D eigenvalue weighted by atomic mass is 14.6. The first-order chi connectivity index (χ1) is 23.8. The average molecular weight is 611 g/mol. The van der Waals surface area contributed by atoms with Gasteiger partial charge in [0.05, 0.1) is 0 Å². The summed E-state index contributed by atoms with van der Waals surface area (Å²) in [6.45, 7) is 0. The second kappa shape index (κ2) is 11.8. The SMILES string of the molecule is c1cc(-c2cc(-c3ccncc3)cc(-c3ccncc3)c2)cc(-c2ccccc2-c2ccc3c4ccccc4c4ccccc4c3c2)c1. The summed E-state index contributed by atoms with van der Waals surface area (Å²) >= 11 is 0. The van der Waals surface area contributed by atoms with E-state index >= 15 is 0 Å². The number of aromatic nitrogens is 2. The quantitative estimate of drug-likeness (QED) is 0.181. The van der Waals surface area contributed by atoms with Gasteiger partial charge in [-0.3, -0.25) is 9.97 Å². The van der Waals surface area contributed by atoms with Crippen molar-refractivity contribution in [1.29, 1.82) is 0 Å². The molecule has 2 aromatic heterocycles. The molecule has 0 saturated carbocycles. The maximum atomic E-state index is 4.25. The van der Waals surface area contributed by atoms with Gasteiger partial charge in [-0.2, -0.15) is 0 Å². The molecule has 0 saturated heterocycles. The minimum atomic E-state index is 1.14. The molecule has 0 N–H and O–H groups in total. The Morgan fingerprint density at radius 3 is 1.17 bits per heavy atom. The molecule has 2 heterocycles. The minimum absolute atomic E-state index is 1.14. The van der Waals surface area contributed by atoms with Crippen molar-refractivity contribution >= 4 is 32.3 Å². The van der Waals surface area contributed by atoms with Crippen molar-refractivity contribution in [2.24, 2.45) is 0 Å². The predicted octanol–water partition coefficient (Wildman–Crippen LogP) is 12.3. The number of benzene rings is 7. The molecule has 0 bridgehead atoms. The lowest BCUT2D eigenvalue weighted by atomic mass is 9.89. The van der Waals surface area contributed by atoms with E-state index in [2.05, 4.69) is 168 Å². The van der Waals surface area contributed by atoms with Gasteiger partial charge in [-0.1, -0.05) is 103 Å². The van der Waals surface area contributed by atoms with E-state index in [0.29, 0.717) is 0 Å². The largest absolute Gasteiger partial charge is 0.265 e. The van der Waals surface area contributed by atoms with Crippen molar-refractivity contribution in [3.8, 4) is 55.6 Å². The summed E-state index contributed by atoms with van der Waals surface area (Å²) in [5.41, 5.74) is 11.8. The van der Waals surface area contributed by atoms with Gasteiger partial charge in [-0.05, 0) is 143 Å². The highest BCUT2D eigenvalue weighted by Crippen LogP contribution is 2.40. The van der Waals surface area contributed by atoms with Crippen molar-refractivity contribution in [3.05, 3.63) is 183 Å². The molecule has 48 heavy (non-hydrogen) atoms. The standard InChI is InChI=1S/C46H30N2/c1-2-11-40(35-16-17-45-43-14-4-3-12-41(43)42-13-5-6-15-44(42)46(45)30-35)39(10-1)34-9-7-8-33(26-34)38-28-36(31-18-22-47-23-19-31)27-37(29-38)32-20-24-48-25-21-32/h1-30H. The zero-order valence-corrected chi connectivity index (χ0v) is 26.2. The second-order valence-electron chi connectivity index (χ2n) is 12.2. The van der Waals surface area contributed by atoms with Gasteiger partial charge in [0.25, 0.3) is 0 Å². The van der Waals surface area contributed by atoms with Gasteiger partial charge >= 0.3 is 0 Å². The molecule has 0 aliphatic carbocycles. The normalized spacial score (nSPS) is 11.3. The van der Waals surface area contributed by atoms with Crippen LogP contribution in [0.1, 0.15) is 0 Å². The van der Waals surface area contributed by atoms with Crippen LogP contribution in [-0.4, -0.2) is 9.97 Å². The Bertz CT molecular complexity index is 2510. The summed E-state index contributed by atoms with van der Waals surface area (Å²) < 4.78 is 0. The molecule has 0 aliphatic rings. The first kappa shape index (κ1) is 27.9. The Labute approximate surface area is 279 Å². The Hall–Kier alpha value is -6.38. The van der Waals surface area contributed by atoms with Crippen LogP contribution in [0.4, 0.5) is 0 Å². The molecular weight excluding hydrogens is 581 g/mol. The molecule has 0 spiro atoms. The zero-order valence-electron chi connectivity index (χ0n) is 26.2. The van der Waals surface area contributed by atoms with Gasteiger partial charge in [-0.25, -0.2) is 0 Å². The van der Waals surface area contributed by atoms with E-state index in [9.17, 15) is 0 Å². The summed E-state index contributed by atoms with van der Waals surface area (Å²) in [5, 5.41) is 7.73. The van der Waals surface area contributed by atoms with Crippen LogP contribution < -0.4 is 0 Å². The molecule has 0 radical (unpaired) electrons. The third kappa shape index (κ3) is 4.92. The van der Waals surface area contributed by atoms with Gasteiger partial charge in [0.15, 0.2) is 0 Å². The molecule has 224 valence electrons. The predicted molar refractivity (Wildman–Crippen MR) is 202 cm³/mol. The first-order valence-corrected chi connectivity index (χ1v) is 16.3. The molecule has 9 rings (SSSR count). The molecule has 0 unspecified atom stereocenters. The van der Waals surface area contributed by atoms with E-state index in [0.717, 1.165) is 22.3 Å². The Morgan fingerprint density at radius 2 is 0.625 bits per heavy atom. The fourth-order valence-corrected chi connectivity index (χ4v) is 7.14. The molecule has 0 fully saturated rings. The molecular formula is C46H30N2. The van der Waals surface area contributed by atoms with Crippen molar-refractivity contribution in [3.63, 3.8) is 0 Å². The van der Waals surface area contributed by atoms with E-state index in [1.165, 1.54) is 65.7 Å². The van der Waals surface area contributed by atoms with Crippen LogP contribution in [0.3, 0.4) is 0 Å². The van der Waals surface area contributed by atoms with Crippen molar-refractivity contribution in [2.45, 2.75) is 0 Å². The topological polar surface area (TPSA) is 25.8 Å². The molecule has 9 aromatic rings. The van der Waals surface area contributed by atoms with Gasteiger partial charge in [-0.15, -0.1) is 0 Å². The van der Waals surface area contributed by atoms with Gasteiger partial charge in [0, 0.05) is 24.8 Å². The van der Waals surface area contributed by atoms with Crippen LogP contribution >= 0.6 is 0 Å². The van der Waals surface area contributed by atoms with E-state index in [1.54, 1.807) is 0 Å². The number of pyridine rings is 2. The molecule has 7 aromatic carbocycles. The van der Waals surface area contributed by atoms with Gasteiger partial charge in [0.2, 0.25) is 0 Å². The maximum Gasteiger partial charge on any atom is 0.0273 e. The number of fused-ring (bicyclic) bond motifs is 6. The number of nitrogens with zero attached hydrogens (tertiary/aromatic N) is 2. The van der Waals surface area contributed by atoms with E-state index in [4.69, 9.17) is 0 Å². The second-order valence-corrected chi connectivity index (χ2v) is 12.2. The lowest BCUT2D eigenvalue weighted by Crippen LogP contribution is -1.89. The molecule has 0 aliphatic heterocycles. The fourth-order valence-electron chi connectivity index (χ4n) is 7.14. The lowest BCUT2D eigenvalue weighted by molar-refractivity contribution is 1.33. The Morgan fingerprint density at radius 1 is 0.229 bits per heavy atom. The number of hydrogen-bond acceptors (Lipinski definition) is 2. The summed E-state index contributed by atoms with van der Waals surface area (Å²) in [4.78, 5) is 8.49. The van der Waals surface area contributed by atoms with Crippen LogP contribution in [-0.2, 0) is 0 Å². The lowest BCUT2D eigenvalue weighted by Gasteiger charge is -2.15. The maximum absolute atomic E-state index is 4.25. The van der Waals surface area contributed by atoms with Gasteiger partial charge < -0.3 is 0 Å². The fraction of sp³-hybridized carbons (Fsp3) is 0. The van der Waals surface area contributed by atoms with Crippen LogP contribution in [0.2, 0.25) is 0 Å². The summed E-state index contributed by atoms with van der Waals surface area (Å²) in [6, 6.07) is 57.3. The molecule has 0 atom stereocenters. The van der Waals surface area contributed by atoms with Crippen LogP contribution in [0, 0.1) is 0 Å². The highest BCUT2D eigenvalue weighted by Gasteiger charge is 2.14. The number of hydrogen-bond donors (Lipinski definition) is 0. The van der Waals surface area contributed by atoms with E-state index in [-0.39, 0.29) is 0 Å². The Kier molecular flexibility index (Phi) is 6.84. The summed E-state index contributed by atoms with van der Waals surface area (Å²) in [5.74, 6) is 0. The van der Waals surface area contributed by atoms with Crippen LogP contribution in [0.15, 0.2) is 183 Å². The smallest absolute Gasteiger partial charge is 0.0273 e. The van der Waals surface area contributed by atoms with Crippen molar-refractivity contribution in [2.75, 3.05) is 0 Å². The average Bonchev–Trinajstić information content (AvgIpc) is 3.18. The van der Waals surface area contributed by atoms with Crippen LogP contribution in [0.25, 0.3) is 88.0 Å². The van der Waals surface area contributed by atoms with Crippen LogP contribution in [0.5, 0.6) is 0 Å². The summed E-state index contributed by atoms with van der Waals surface area (Å²) in [7, 11) is 0. The van der Waals surface area contributed by atoms with Crippen molar-refractivity contribution in [1.82, 2.24) is 9.97 Å². The Balaban J connectivity index is 1.19. The van der Waals surface area contributed by atoms with E-state index < -0.39 is 0 Å². The monoisotopic (exact) mass is 610 g/mol.